The maximum atomic E-state index is 13.6. The minimum absolute atomic E-state index is 0.101. The van der Waals surface area contributed by atoms with Crippen LogP contribution < -0.4 is 0 Å². The summed E-state index contributed by atoms with van der Waals surface area (Å²) in [5.74, 6) is -0.439. The zero-order valence-corrected chi connectivity index (χ0v) is 19.8. The molecule has 3 rings (SSSR count). The quantitative estimate of drug-likeness (QED) is 0.530. The van der Waals surface area contributed by atoms with Crippen molar-refractivity contribution in [3.8, 4) is 0 Å². The number of amides is 1. The third-order valence-corrected chi connectivity index (χ3v) is 7.60. The molecule has 6 heteroatoms. The average molecular weight is 460 g/mol. The first-order chi connectivity index (χ1) is 14.8. The molecular weight excluding hydrogens is 430 g/mol. The van der Waals surface area contributed by atoms with Gasteiger partial charge in [-0.05, 0) is 55.7 Å². The minimum atomic E-state index is -0.800. The molecule has 31 heavy (non-hydrogen) atoms. The molecule has 2 aromatic rings. The molecule has 0 radical (unpaired) electrons. The first-order valence-corrected chi connectivity index (χ1v) is 12.3. The summed E-state index contributed by atoms with van der Waals surface area (Å²) in [5, 5.41) is 11.4. The second kappa shape index (κ2) is 10.7. The maximum Gasteiger partial charge on any atom is 0.230 e. The molecule has 0 bridgehead atoms. The third-order valence-electron chi connectivity index (χ3n) is 6.38. The van der Waals surface area contributed by atoms with E-state index in [-0.39, 0.29) is 17.6 Å². The number of hydrogen-bond donors (Lipinski definition) is 1. The highest BCUT2D eigenvalue weighted by Gasteiger charge is 2.35. The SMILES string of the molecule is CSc1ccc([C@@H](CC2CCCC2=O)C(=O)N(C)[C@H](C)[C@H](O)c2ccccc2)cc1Cl. The monoisotopic (exact) mass is 459 g/mol. The minimum Gasteiger partial charge on any atom is -0.386 e. The number of ketones is 1. The lowest BCUT2D eigenvalue weighted by atomic mass is 9.86. The topological polar surface area (TPSA) is 57.6 Å². The van der Waals surface area contributed by atoms with Gasteiger partial charge in [-0.2, -0.15) is 0 Å². The molecular formula is C25H30ClNO3S. The Morgan fingerprint density at radius 1 is 1.23 bits per heavy atom. The summed E-state index contributed by atoms with van der Waals surface area (Å²) in [7, 11) is 1.72. The number of likely N-dealkylation sites (N-methyl/N-ethyl adjacent to an activating group) is 1. The zero-order valence-electron chi connectivity index (χ0n) is 18.3. The predicted molar refractivity (Wildman–Crippen MR) is 127 cm³/mol. The van der Waals surface area contributed by atoms with E-state index in [1.807, 2.05) is 61.7 Å². The molecule has 1 amide bonds. The Kier molecular flexibility index (Phi) is 8.20. The van der Waals surface area contributed by atoms with Crippen molar-refractivity contribution in [1.29, 1.82) is 0 Å². The summed E-state index contributed by atoms with van der Waals surface area (Å²) < 4.78 is 0. The lowest BCUT2D eigenvalue weighted by molar-refractivity contribution is -0.136. The van der Waals surface area contributed by atoms with Crippen LogP contribution in [0.5, 0.6) is 0 Å². The van der Waals surface area contributed by atoms with Crippen molar-refractivity contribution in [1.82, 2.24) is 4.90 Å². The zero-order chi connectivity index (χ0) is 22.5. The molecule has 1 aliphatic rings. The molecule has 1 aliphatic carbocycles. The molecule has 0 heterocycles. The fourth-order valence-electron chi connectivity index (χ4n) is 4.29. The molecule has 1 N–H and O–H groups in total. The fourth-order valence-corrected chi connectivity index (χ4v) is 5.17. The van der Waals surface area contributed by atoms with Gasteiger partial charge in [0.15, 0.2) is 0 Å². The highest BCUT2D eigenvalue weighted by molar-refractivity contribution is 7.98. The molecule has 0 aromatic heterocycles. The van der Waals surface area contributed by atoms with E-state index in [0.717, 1.165) is 28.9 Å². The molecule has 0 spiro atoms. The number of halogens is 1. The van der Waals surface area contributed by atoms with Crippen LogP contribution in [0.1, 0.15) is 55.8 Å². The van der Waals surface area contributed by atoms with Crippen LogP contribution in [-0.4, -0.2) is 41.0 Å². The summed E-state index contributed by atoms with van der Waals surface area (Å²) in [6.45, 7) is 1.84. The van der Waals surface area contributed by atoms with Gasteiger partial charge in [0.25, 0.3) is 0 Å². The number of aliphatic hydroxyl groups excluding tert-OH is 1. The first-order valence-electron chi connectivity index (χ1n) is 10.7. The standard InChI is InChI=1S/C25H30ClNO3S/c1-16(24(29)17-8-5-4-6-9-17)27(2)25(30)20(14-19-10-7-11-22(19)28)18-12-13-23(31-3)21(26)15-18/h4-6,8-9,12-13,15-16,19-20,24,29H,7,10-11,14H2,1-3H3/t16-,19?,20-,24+/m1/s1. The number of carbonyl (C=O) groups excluding carboxylic acids is 2. The molecule has 166 valence electrons. The second-order valence-electron chi connectivity index (χ2n) is 8.28. The van der Waals surface area contributed by atoms with Gasteiger partial charge in [-0.25, -0.2) is 0 Å². The summed E-state index contributed by atoms with van der Waals surface area (Å²) in [6.07, 6.45) is 3.94. The number of aliphatic hydroxyl groups is 1. The van der Waals surface area contributed by atoms with E-state index in [1.165, 1.54) is 0 Å². The largest absolute Gasteiger partial charge is 0.386 e. The number of Topliss-reactive ketones (excluding diaryl/α,β-unsaturated/α-hetero) is 1. The van der Waals surface area contributed by atoms with Crippen LogP contribution in [0.25, 0.3) is 0 Å². The second-order valence-corrected chi connectivity index (χ2v) is 9.54. The number of rotatable bonds is 8. The van der Waals surface area contributed by atoms with E-state index in [2.05, 4.69) is 0 Å². The Bertz CT molecular complexity index is 920. The Balaban J connectivity index is 1.87. The molecule has 1 saturated carbocycles. The van der Waals surface area contributed by atoms with Crippen molar-refractivity contribution in [3.63, 3.8) is 0 Å². The van der Waals surface area contributed by atoms with Crippen LogP contribution in [0.15, 0.2) is 53.4 Å². The van der Waals surface area contributed by atoms with Crippen molar-refractivity contribution in [2.45, 2.75) is 55.6 Å². The van der Waals surface area contributed by atoms with Gasteiger partial charge in [-0.3, -0.25) is 9.59 Å². The van der Waals surface area contributed by atoms with Gasteiger partial charge in [0.05, 0.1) is 23.1 Å². The Morgan fingerprint density at radius 3 is 2.52 bits per heavy atom. The Morgan fingerprint density at radius 2 is 1.94 bits per heavy atom. The van der Waals surface area contributed by atoms with E-state index in [4.69, 9.17) is 11.6 Å². The number of thioether (sulfide) groups is 1. The van der Waals surface area contributed by atoms with E-state index < -0.39 is 18.1 Å². The number of hydrogen-bond acceptors (Lipinski definition) is 4. The van der Waals surface area contributed by atoms with Gasteiger partial charge < -0.3 is 10.0 Å². The van der Waals surface area contributed by atoms with Crippen LogP contribution >= 0.6 is 23.4 Å². The Hall–Kier alpha value is -1.82. The van der Waals surface area contributed by atoms with E-state index in [9.17, 15) is 14.7 Å². The molecule has 2 aromatic carbocycles. The van der Waals surface area contributed by atoms with Gasteiger partial charge in [0, 0.05) is 24.3 Å². The highest BCUT2D eigenvalue weighted by Crippen LogP contribution is 2.36. The van der Waals surface area contributed by atoms with Crippen LogP contribution in [0, 0.1) is 5.92 Å². The van der Waals surface area contributed by atoms with E-state index in [0.29, 0.717) is 17.9 Å². The lowest BCUT2D eigenvalue weighted by Crippen LogP contribution is -2.42. The average Bonchev–Trinajstić information content (AvgIpc) is 3.20. The summed E-state index contributed by atoms with van der Waals surface area (Å²) >= 11 is 8.00. The smallest absolute Gasteiger partial charge is 0.230 e. The molecule has 0 saturated heterocycles. The summed E-state index contributed by atoms with van der Waals surface area (Å²) in [4.78, 5) is 28.5. The van der Waals surface area contributed by atoms with Crippen molar-refractivity contribution in [3.05, 3.63) is 64.7 Å². The number of benzene rings is 2. The van der Waals surface area contributed by atoms with Crippen LogP contribution in [0.3, 0.4) is 0 Å². The third kappa shape index (κ3) is 5.51. The number of nitrogens with zero attached hydrogens (tertiary/aromatic N) is 1. The molecule has 1 fully saturated rings. The Labute approximate surface area is 194 Å². The van der Waals surface area contributed by atoms with Gasteiger partial charge in [-0.1, -0.05) is 48.0 Å². The highest BCUT2D eigenvalue weighted by atomic mass is 35.5. The van der Waals surface area contributed by atoms with Crippen molar-refractivity contribution >= 4 is 35.1 Å². The van der Waals surface area contributed by atoms with Crippen molar-refractivity contribution < 1.29 is 14.7 Å². The summed E-state index contributed by atoms with van der Waals surface area (Å²) in [6, 6.07) is 14.6. The normalized spacial score (nSPS) is 19.1. The molecule has 0 aliphatic heterocycles. The maximum absolute atomic E-state index is 13.6. The molecule has 1 unspecified atom stereocenters. The molecule has 4 atom stereocenters. The van der Waals surface area contributed by atoms with Crippen LogP contribution in [0.2, 0.25) is 5.02 Å². The van der Waals surface area contributed by atoms with Crippen LogP contribution in [-0.2, 0) is 9.59 Å². The fraction of sp³-hybridized carbons (Fsp3) is 0.440. The van der Waals surface area contributed by atoms with Gasteiger partial charge in [-0.15, -0.1) is 11.8 Å². The summed E-state index contributed by atoms with van der Waals surface area (Å²) in [5.41, 5.74) is 1.59. The van der Waals surface area contributed by atoms with Crippen LogP contribution in [0.4, 0.5) is 0 Å². The molecule has 4 nitrogen and oxygen atoms in total. The van der Waals surface area contributed by atoms with Gasteiger partial charge >= 0.3 is 0 Å². The van der Waals surface area contributed by atoms with Gasteiger partial charge in [0.1, 0.15) is 5.78 Å². The van der Waals surface area contributed by atoms with Gasteiger partial charge in [0.2, 0.25) is 5.91 Å². The first kappa shape index (κ1) is 23.8. The van der Waals surface area contributed by atoms with Crippen molar-refractivity contribution in [2.24, 2.45) is 5.92 Å². The van der Waals surface area contributed by atoms with E-state index >= 15 is 0 Å². The number of carbonyl (C=O) groups is 2. The van der Waals surface area contributed by atoms with E-state index in [1.54, 1.807) is 23.7 Å². The predicted octanol–water partition coefficient (Wildman–Crippen LogP) is 5.49. The van der Waals surface area contributed by atoms with Crippen molar-refractivity contribution in [2.75, 3.05) is 13.3 Å². The lowest BCUT2D eigenvalue weighted by Gasteiger charge is -2.33.